The molecule has 0 aliphatic heterocycles. The Bertz CT molecular complexity index is 308. The highest BCUT2D eigenvalue weighted by molar-refractivity contribution is 5.99. The smallest absolute Gasteiger partial charge is 0.217 e. The second-order valence-corrected chi connectivity index (χ2v) is 5.25. The Morgan fingerprint density at radius 2 is 2.14 bits per heavy atom. The number of Topliss-reactive ketones (excluding diaryl/α,β-unsaturated/α-hetero) is 1. The van der Waals surface area contributed by atoms with E-state index in [2.05, 4.69) is 5.32 Å². The van der Waals surface area contributed by atoms with Crippen LogP contribution in [0.2, 0.25) is 0 Å². The van der Waals surface area contributed by atoms with Crippen LogP contribution >= 0.6 is 0 Å². The van der Waals surface area contributed by atoms with Gasteiger partial charge in [-0.25, -0.2) is 0 Å². The average Bonchev–Trinajstić information content (AvgIpc) is 2.52. The average molecular weight is 195 g/mol. The molecule has 2 fully saturated rings. The molecule has 2 unspecified atom stereocenters. The highest BCUT2D eigenvalue weighted by atomic mass is 16.2. The first-order chi connectivity index (χ1) is 6.38. The van der Waals surface area contributed by atoms with Gasteiger partial charge in [0.05, 0.1) is 5.54 Å². The van der Waals surface area contributed by atoms with Crippen molar-refractivity contribution >= 4 is 11.7 Å². The van der Waals surface area contributed by atoms with Crippen molar-refractivity contribution in [3.05, 3.63) is 0 Å². The van der Waals surface area contributed by atoms with Crippen LogP contribution in [0.25, 0.3) is 0 Å². The second-order valence-electron chi connectivity index (χ2n) is 5.25. The maximum Gasteiger partial charge on any atom is 0.217 e. The molecule has 0 spiro atoms. The van der Waals surface area contributed by atoms with Crippen LogP contribution in [-0.2, 0) is 9.59 Å². The Kier molecular flexibility index (Phi) is 1.79. The normalized spacial score (nSPS) is 38.8. The third-order valence-corrected chi connectivity index (χ3v) is 3.97. The van der Waals surface area contributed by atoms with Crippen molar-refractivity contribution in [3.8, 4) is 0 Å². The Hall–Kier alpha value is -0.860. The minimum absolute atomic E-state index is 0.0864. The zero-order chi connectivity index (χ0) is 10.6. The fraction of sp³-hybridized carbons (Fsp3) is 0.818. The lowest BCUT2D eigenvalue weighted by atomic mass is 9.74. The lowest BCUT2D eigenvalue weighted by Gasteiger charge is -2.33. The molecule has 0 heterocycles. The van der Waals surface area contributed by atoms with Gasteiger partial charge in [0.15, 0.2) is 5.78 Å². The largest absolute Gasteiger partial charge is 0.344 e. The summed E-state index contributed by atoms with van der Waals surface area (Å²) in [4.78, 5) is 23.2. The van der Waals surface area contributed by atoms with E-state index in [4.69, 9.17) is 0 Å². The summed E-state index contributed by atoms with van der Waals surface area (Å²) in [6.07, 6.45) is 2.75. The van der Waals surface area contributed by atoms with Crippen LogP contribution in [0.15, 0.2) is 0 Å². The van der Waals surface area contributed by atoms with Gasteiger partial charge in [-0.15, -0.1) is 0 Å². The van der Waals surface area contributed by atoms with E-state index in [-0.39, 0.29) is 17.1 Å². The predicted molar refractivity (Wildman–Crippen MR) is 52.7 cm³/mol. The summed E-state index contributed by atoms with van der Waals surface area (Å²) >= 11 is 0. The van der Waals surface area contributed by atoms with E-state index in [1.807, 2.05) is 13.8 Å². The quantitative estimate of drug-likeness (QED) is 0.685. The van der Waals surface area contributed by atoms with Crippen molar-refractivity contribution in [2.24, 2.45) is 11.3 Å². The van der Waals surface area contributed by atoms with Gasteiger partial charge in [-0.1, -0.05) is 13.8 Å². The molecule has 2 aliphatic carbocycles. The summed E-state index contributed by atoms with van der Waals surface area (Å²) in [6.45, 7) is 5.49. The number of fused-ring (bicyclic) bond motifs is 2. The van der Waals surface area contributed by atoms with Crippen LogP contribution in [0, 0.1) is 11.3 Å². The number of hydrogen-bond acceptors (Lipinski definition) is 2. The van der Waals surface area contributed by atoms with Crippen LogP contribution in [0.3, 0.4) is 0 Å². The van der Waals surface area contributed by atoms with Gasteiger partial charge in [0.25, 0.3) is 0 Å². The zero-order valence-corrected chi connectivity index (χ0v) is 9.02. The molecule has 3 nitrogen and oxygen atoms in total. The molecule has 0 aromatic heterocycles. The first-order valence-electron chi connectivity index (χ1n) is 5.22. The minimum Gasteiger partial charge on any atom is -0.344 e. The van der Waals surface area contributed by atoms with Crippen molar-refractivity contribution < 1.29 is 9.59 Å². The maximum absolute atomic E-state index is 12.1. The highest BCUT2D eigenvalue weighted by Gasteiger charge is 2.61. The predicted octanol–water partition coefficient (Wildman–Crippen LogP) is 1.27. The Morgan fingerprint density at radius 3 is 2.57 bits per heavy atom. The number of amides is 1. The Balaban J connectivity index is 2.30. The van der Waals surface area contributed by atoms with Gasteiger partial charge in [0.2, 0.25) is 5.91 Å². The summed E-state index contributed by atoms with van der Waals surface area (Å²) in [5, 5.41) is 2.86. The van der Waals surface area contributed by atoms with Crippen molar-refractivity contribution in [2.75, 3.05) is 0 Å². The summed E-state index contributed by atoms with van der Waals surface area (Å²) in [5.41, 5.74) is -0.749. The molecule has 2 rings (SSSR count). The molecule has 0 radical (unpaired) electrons. The fourth-order valence-corrected chi connectivity index (χ4v) is 3.18. The molecule has 2 bridgehead atoms. The van der Waals surface area contributed by atoms with Gasteiger partial charge >= 0.3 is 0 Å². The van der Waals surface area contributed by atoms with Gasteiger partial charge in [-0.2, -0.15) is 0 Å². The van der Waals surface area contributed by atoms with Crippen LogP contribution in [-0.4, -0.2) is 17.2 Å². The fourth-order valence-electron chi connectivity index (χ4n) is 3.18. The molecular weight excluding hydrogens is 178 g/mol. The van der Waals surface area contributed by atoms with E-state index in [0.29, 0.717) is 5.92 Å². The summed E-state index contributed by atoms with van der Waals surface area (Å²) < 4.78 is 0. The van der Waals surface area contributed by atoms with Crippen molar-refractivity contribution in [1.82, 2.24) is 5.32 Å². The Labute approximate surface area is 84.2 Å². The molecule has 0 aromatic carbocycles. The highest BCUT2D eigenvalue weighted by Crippen LogP contribution is 2.55. The Morgan fingerprint density at radius 1 is 1.50 bits per heavy atom. The van der Waals surface area contributed by atoms with Crippen molar-refractivity contribution in [2.45, 2.75) is 45.6 Å². The monoisotopic (exact) mass is 195 g/mol. The van der Waals surface area contributed by atoms with E-state index in [1.54, 1.807) is 0 Å². The topological polar surface area (TPSA) is 46.2 Å². The van der Waals surface area contributed by atoms with Gasteiger partial charge in [-0.3, -0.25) is 9.59 Å². The standard InChI is InChI=1S/C11H17NO2/c1-7(13)12-11-5-4-8(6-11)10(2,3)9(11)14/h8H,4-6H2,1-3H3,(H,12,13). The molecule has 2 saturated carbocycles. The van der Waals surface area contributed by atoms with Crippen LogP contribution in [0.1, 0.15) is 40.0 Å². The van der Waals surface area contributed by atoms with Gasteiger partial charge in [0, 0.05) is 12.3 Å². The van der Waals surface area contributed by atoms with Gasteiger partial charge in [-0.05, 0) is 25.2 Å². The lowest BCUT2D eigenvalue weighted by molar-refractivity contribution is -0.136. The lowest BCUT2D eigenvalue weighted by Crippen LogP contribution is -2.53. The molecule has 14 heavy (non-hydrogen) atoms. The summed E-state index contributed by atoms with van der Waals surface area (Å²) in [5.74, 6) is 0.606. The molecule has 2 aliphatic rings. The molecule has 2 atom stereocenters. The number of hydrogen-bond donors (Lipinski definition) is 1. The SMILES string of the molecule is CC(=O)NC12CCC(C1)C(C)(C)C2=O. The molecule has 3 heteroatoms. The summed E-state index contributed by atoms with van der Waals surface area (Å²) in [6, 6.07) is 0. The van der Waals surface area contributed by atoms with E-state index >= 15 is 0 Å². The molecular formula is C11H17NO2. The molecule has 1 amide bonds. The number of carbonyl (C=O) groups is 2. The molecule has 78 valence electrons. The van der Waals surface area contributed by atoms with E-state index in [9.17, 15) is 9.59 Å². The first kappa shape index (κ1) is 9.69. The van der Waals surface area contributed by atoms with Gasteiger partial charge in [0.1, 0.15) is 0 Å². The number of ketones is 1. The van der Waals surface area contributed by atoms with Crippen LogP contribution in [0.4, 0.5) is 0 Å². The number of nitrogens with one attached hydrogen (secondary N) is 1. The van der Waals surface area contributed by atoms with E-state index in [1.165, 1.54) is 6.92 Å². The second kappa shape index (κ2) is 2.59. The minimum atomic E-state index is -0.514. The molecule has 1 N–H and O–H groups in total. The third-order valence-electron chi connectivity index (χ3n) is 3.97. The van der Waals surface area contributed by atoms with E-state index in [0.717, 1.165) is 19.3 Å². The number of carbonyl (C=O) groups excluding carboxylic acids is 2. The zero-order valence-electron chi connectivity index (χ0n) is 9.02. The van der Waals surface area contributed by atoms with E-state index < -0.39 is 5.54 Å². The van der Waals surface area contributed by atoms with Crippen LogP contribution < -0.4 is 5.32 Å². The molecule has 0 saturated heterocycles. The maximum atomic E-state index is 12.1. The first-order valence-corrected chi connectivity index (χ1v) is 5.22. The molecule has 0 aromatic rings. The van der Waals surface area contributed by atoms with Crippen LogP contribution in [0.5, 0.6) is 0 Å². The third kappa shape index (κ3) is 1.04. The number of rotatable bonds is 1. The van der Waals surface area contributed by atoms with Gasteiger partial charge < -0.3 is 5.32 Å². The van der Waals surface area contributed by atoms with Crippen molar-refractivity contribution in [3.63, 3.8) is 0 Å². The summed E-state index contributed by atoms with van der Waals surface area (Å²) in [7, 11) is 0. The van der Waals surface area contributed by atoms with Crippen molar-refractivity contribution in [1.29, 1.82) is 0 Å².